The van der Waals surface area contributed by atoms with E-state index < -0.39 is 17.6 Å². The lowest BCUT2D eigenvalue weighted by atomic mass is 10.2. The van der Waals surface area contributed by atoms with Gasteiger partial charge < -0.3 is 15.4 Å². The molecule has 2 N–H and O–H groups in total. The molecule has 0 saturated carbocycles. The van der Waals surface area contributed by atoms with Crippen LogP contribution in [0.25, 0.3) is 0 Å². The predicted octanol–water partition coefficient (Wildman–Crippen LogP) is 3.10. The van der Waals surface area contributed by atoms with Gasteiger partial charge in [-0.3, -0.25) is 9.69 Å². The standard InChI is InChI=1S/C19H21F3N4O2/c20-19(21,22)15-2-4-16(5-3-15)25-18(27)14-1-6-17(24-13-14)23-7-8-26-9-11-28-12-10-26/h1-6,13H,7-12H2,(H,23,24)(H,25,27). The fraction of sp³-hybridized carbons (Fsp3) is 0.368. The summed E-state index contributed by atoms with van der Waals surface area (Å²) in [6, 6.07) is 7.60. The first-order chi connectivity index (χ1) is 13.4. The van der Waals surface area contributed by atoms with Crippen LogP contribution in [0, 0.1) is 0 Å². The molecular weight excluding hydrogens is 373 g/mol. The summed E-state index contributed by atoms with van der Waals surface area (Å²) in [5.74, 6) is 0.214. The lowest BCUT2D eigenvalue weighted by Crippen LogP contribution is -2.39. The number of morpholine rings is 1. The van der Waals surface area contributed by atoms with Crippen molar-refractivity contribution < 1.29 is 22.7 Å². The zero-order valence-corrected chi connectivity index (χ0v) is 15.1. The van der Waals surface area contributed by atoms with E-state index in [1.807, 2.05) is 0 Å². The van der Waals surface area contributed by atoms with Gasteiger partial charge in [0.2, 0.25) is 0 Å². The molecule has 1 aromatic carbocycles. The van der Waals surface area contributed by atoms with Gasteiger partial charge in [0.1, 0.15) is 5.82 Å². The van der Waals surface area contributed by atoms with E-state index in [-0.39, 0.29) is 5.69 Å². The van der Waals surface area contributed by atoms with Crippen LogP contribution < -0.4 is 10.6 Å². The lowest BCUT2D eigenvalue weighted by Gasteiger charge is -2.26. The molecule has 6 nitrogen and oxygen atoms in total. The first kappa shape index (κ1) is 20.1. The maximum absolute atomic E-state index is 12.6. The number of carbonyl (C=O) groups excluding carboxylic acids is 1. The number of aromatic nitrogens is 1. The Morgan fingerprint density at radius 1 is 1.11 bits per heavy atom. The number of amides is 1. The maximum atomic E-state index is 12.6. The molecule has 0 atom stereocenters. The summed E-state index contributed by atoms with van der Waals surface area (Å²) in [7, 11) is 0. The van der Waals surface area contributed by atoms with Gasteiger partial charge in [0.25, 0.3) is 5.91 Å². The quantitative estimate of drug-likeness (QED) is 0.788. The number of ether oxygens (including phenoxy) is 1. The fourth-order valence-electron chi connectivity index (χ4n) is 2.75. The topological polar surface area (TPSA) is 66.5 Å². The molecule has 150 valence electrons. The van der Waals surface area contributed by atoms with Gasteiger partial charge in [0.05, 0.1) is 24.3 Å². The summed E-state index contributed by atoms with van der Waals surface area (Å²) in [6.45, 7) is 4.93. The highest BCUT2D eigenvalue weighted by Crippen LogP contribution is 2.29. The van der Waals surface area contributed by atoms with Crippen molar-refractivity contribution in [2.75, 3.05) is 50.0 Å². The number of alkyl halides is 3. The first-order valence-electron chi connectivity index (χ1n) is 8.90. The zero-order valence-electron chi connectivity index (χ0n) is 15.1. The molecule has 0 aliphatic carbocycles. The van der Waals surface area contributed by atoms with Gasteiger partial charge in [-0.1, -0.05) is 0 Å². The number of rotatable bonds is 6. The summed E-state index contributed by atoms with van der Waals surface area (Å²) in [5, 5.41) is 5.75. The number of hydrogen-bond donors (Lipinski definition) is 2. The normalized spacial score (nSPS) is 15.2. The molecule has 1 fully saturated rings. The van der Waals surface area contributed by atoms with E-state index in [0.717, 1.165) is 51.5 Å². The highest BCUT2D eigenvalue weighted by Gasteiger charge is 2.30. The van der Waals surface area contributed by atoms with Crippen molar-refractivity contribution in [3.63, 3.8) is 0 Å². The summed E-state index contributed by atoms with van der Waals surface area (Å²) < 4.78 is 43.0. The molecule has 1 amide bonds. The van der Waals surface area contributed by atoms with E-state index in [2.05, 4.69) is 20.5 Å². The van der Waals surface area contributed by atoms with E-state index in [9.17, 15) is 18.0 Å². The van der Waals surface area contributed by atoms with Gasteiger partial charge in [0.15, 0.2) is 0 Å². The number of nitrogens with zero attached hydrogens (tertiary/aromatic N) is 2. The van der Waals surface area contributed by atoms with Crippen LogP contribution in [-0.4, -0.2) is 55.2 Å². The van der Waals surface area contributed by atoms with E-state index >= 15 is 0 Å². The summed E-state index contributed by atoms with van der Waals surface area (Å²) in [4.78, 5) is 18.7. The minimum Gasteiger partial charge on any atom is -0.379 e. The third-order valence-electron chi connectivity index (χ3n) is 4.33. The van der Waals surface area contributed by atoms with Crippen LogP contribution in [-0.2, 0) is 10.9 Å². The van der Waals surface area contributed by atoms with E-state index in [4.69, 9.17) is 4.74 Å². The molecule has 1 aliphatic rings. The number of halogens is 3. The maximum Gasteiger partial charge on any atom is 0.416 e. The molecule has 0 radical (unpaired) electrons. The van der Waals surface area contributed by atoms with Gasteiger partial charge in [-0.25, -0.2) is 4.98 Å². The predicted molar refractivity (Wildman–Crippen MR) is 99.4 cm³/mol. The van der Waals surface area contributed by atoms with Gasteiger partial charge in [0, 0.05) is 38.1 Å². The van der Waals surface area contributed by atoms with Gasteiger partial charge in [-0.15, -0.1) is 0 Å². The van der Waals surface area contributed by atoms with Crippen molar-refractivity contribution in [2.24, 2.45) is 0 Å². The van der Waals surface area contributed by atoms with Crippen LogP contribution in [0.4, 0.5) is 24.7 Å². The Balaban J connectivity index is 1.49. The molecule has 1 saturated heterocycles. The van der Waals surface area contributed by atoms with Crippen molar-refractivity contribution in [1.29, 1.82) is 0 Å². The van der Waals surface area contributed by atoms with Gasteiger partial charge >= 0.3 is 6.18 Å². The minimum absolute atomic E-state index is 0.283. The first-order valence-corrected chi connectivity index (χ1v) is 8.90. The SMILES string of the molecule is O=C(Nc1ccc(C(F)(F)F)cc1)c1ccc(NCCN2CCOCC2)nc1. The Morgan fingerprint density at radius 3 is 2.43 bits per heavy atom. The molecule has 1 aliphatic heterocycles. The second kappa shape index (κ2) is 9.03. The van der Waals surface area contributed by atoms with Crippen LogP contribution in [0.3, 0.4) is 0 Å². The summed E-state index contributed by atoms with van der Waals surface area (Å²) >= 11 is 0. The van der Waals surface area contributed by atoms with Crippen molar-refractivity contribution in [1.82, 2.24) is 9.88 Å². The number of hydrogen-bond acceptors (Lipinski definition) is 5. The van der Waals surface area contributed by atoms with Crippen LogP contribution in [0.5, 0.6) is 0 Å². The van der Waals surface area contributed by atoms with Crippen LogP contribution in [0.15, 0.2) is 42.6 Å². The monoisotopic (exact) mass is 394 g/mol. The molecule has 2 heterocycles. The molecular formula is C19H21F3N4O2. The Kier molecular flexibility index (Phi) is 6.48. The van der Waals surface area contributed by atoms with Crippen molar-refractivity contribution in [3.05, 3.63) is 53.7 Å². The molecule has 0 spiro atoms. The minimum atomic E-state index is -4.41. The molecule has 2 aromatic rings. The zero-order chi connectivity index (χ0) is 20.0. The number of benzene rings is 1. The highest BCUT2D eigenvalue weighted by molar-refractivity contribution is 6.04. The lowest BCUT2D eigenvalue weighted by molar-refractivity contribution is -0.137. The average Bonchev–Trinajstić information content (AvgIpc) is 2.69. The third-order valence-corrected chi connectivity index (χ3v) is 4.33. The average molecular weight is 394 g/mol. The van der Waals surface area contributed by atoms with E-state index in [1.54, 1.807) is 12.1 Å². The number of nitrogens with one attached hydrogen (secondary N) is 2. The van der Waals surface area contributed by atoms with Crippen molar-refractivity contribution >= 4 is 17.4 Å². The molecule has 0 bridgehead atoms. The van der Waals surface area contributed by atoms with E-state index in [1.165, 1.54) is 18.3 Å². The van der Waals surface area contributed by atoms with Crippen molar-refractivity contribution in [2.45, 2.75) is 6.18 Å². The Labute approximate surface area is 160 Å². The van der Waals surface area contributed by atoms with Gasteiger partial charge in [-0.2, -0.15) is 13.2 Å². The summed E-state index contributed by atoms with van der Waals surface area (Å²) in [6.07, 6.45) is -2.98. The third kappa shape index (κ3) is 5.67. The smallest absolute Gasteiger partial charge is 0.379 e. The number of carbonyl (C=O) groups is 1. The largest absolute Gasteiger partial charge is 0.416 e. The second-order valence-corrected chi connectivity index (χ2v) is 6.34. The highest BCUT2D eigenvalue weighted by atomic mass is 19.4. The molecule has 3 rings (SSSR count). The van der Waals surface area contributed by atoms with Crippen LogP contribution >= 0.6 is 0 Å². The molecule has 28 heavy (non-hydrogen) atoms. The Morgan fingerprint density at radius 2 is 1.82 bits per heavy atom. The summed E-state index contributed by atoms with van der Waals surface area (Å²) in [5.41, 5.74) is -0.163. The number of pyridine rings is 1. The molecule has 9 heteroatoms. The van der Waals surface area contributed by atoms with Crippen LogP contribution in [0.2, 0.25) is 0 Å². The molecule has 0 unspecified atom stereocenters. The fourth-order valence-corrected chi connectivity index (χ4v) is 2.75. The second-order valence-electron chi connectivity index (χ2n) is 6.34. The van der Waals surface area contributed by atoms with Gasteiger partial charge in [-0.05, 0) is 36.4 Å². The number of anilines is 2. The Bertz CT molecular complexity index is 773. The van der Waals surface area contributed by atoms with Crippen LogP contribution in [0.1, 0.15) is 15.9 Å². The van der Waals surface area contributed by atoms with Crippen molar-refractivity contribution in [3.8, 4) is 0 Å². The molecule has 1 aromatic heterocycles. The van der Waals surface area contributed by atoms with E-state index in [0.29, 0.717) is 11.4 Å². The Hall–Kier alpha value is -2.65.